The molecule has 17 unspecified atom stereocenters. The number of nitrogens with one attached hydrogen (secondary N) is 1. The Morgan fingerprint density at radius 3 is 1.16 bits per heavy atom. The first-order chi connectivity index (χ1) is 39.3. The second-order valence-corrected chi connectivity index (χ2v) is 23.6. The molecule has 0 aliphatic carbocycles. The van der Waals surface area contributed by atoms with E-state index >= 15 is 0 Å². The summed E-state index contributed by atoms with van der Waals surface area (Å²) in [4.78, 5) is 13.3. The molecule has 3 fully saturated rings. The number of hydrogen-bond acceptors (Lipinski definition) is 18. The van der Waals surface area contributed by atoms with E-state index in [2.05, 4.69) is 19.2 Å². The molecular weight excluding hydrogens is 1050 g/mol. The molecule has 3 aliphatic rings. The molecule has 3 saturated heterocycles. The van der Waals surface area contributed by atoms with E-state index < -0.39 is 124 Å². The van der Waals surface area contributed by atoms with E-state index in [0.29, 0.717) is 6.42 Å². The molecule has 3 aliphatic heterocycles. The van der Waals surface area contributed by atoms with Crippen molar-refractivity contribution >= 4 is 5.91 Å². The first-order valence-electron chi connectivity index (χ1n) is 32.4. The van der Waals surface area contributed by atoms with Crippen molar-refractivity contribution in [3.63, 3.8) is 0 Å². The Bertz CT molecular complexity index is 1530. The summed E-state index contributed by atoms with van der Waals surface area (Å²) in [5.41, 5.74) is 0. The van der Waals surface area contributed by atoms with Crippen LogP contribution in [-0.2, 0) is 33.2 Å². The molecule has 12 N–H and O–H groups in total. The lowest BCUT2D eigenvalue weighted by molar-refractivity contribution is -0.379. The quantitative estimate of drug-likeness (QED) is 0.0217. The number of allylic oxidation sites excluding steroid dienone is 1. The fourth-order valence-electron chi connectivity index (χ4n) is 11.3. The predicted octanol–water partition coefficient (Wildman–Crippen LogP) is 6.94. The fraction of sp³-hybridized carbons (Fsp3) is 0.952. The van der Waals surface area contributed by atoms with Crippen LogP contribution in [0.4, 0.5) is 0 Å². The molecule has 19 heteroatoms. The Labute approximate surface area is 486 Å². The second kappa shape index (κ2) is 45.8. The molecule has 0 aromatic heterocycles. The summed E-state index contributed by atoms with van der Waals surface area (Å²) in [5.74, 6) is -0.273. The van der Waals surface area contributed by atoms with Gasteiger partial charge in [-0.2, -0.15) is 0 Å². The zero-order valence-electron chi connectivity index (χ0n) is 50.0. The van der Waals surface area contributed by atoms with Gasteiger partial charge >= 0.3 is 0 Å². The second-order valence-electron chi connectivity index (χ2n) is 23.6. The van der Waals surface area contributed by atoms with Gasteiger partial charge in [-0.1, -0.05) is 231 Å². The summed E-state index contributed by atoms with van der Waals surface area (Å²) in [7, 11) is 0. The summed E-state index contributed by atoms with van der Waals surface area (Å²) in [6.45, 7) is 1.74. The van der Waals surface area contributed by atoms with Gasteiger partial charge in [0.15, 0.2) is 18.9 Å². The highest BCUT2D eigenvalue weighted by molar-refractivity contribution is 5.76. The van der Waals surface area contributed by atoms with Crippen molar-refractivity contribution < 1.29 is 89.4 Å². The smallest absolute Gasteiger partial charge is 0.220 e. The van der Waals surface area contributed by atoms with Crippen LogP contribution in [0.3, 0.4) is 0 Å². The van der Waals surface area contributed by atoms with Gasteiger partial charge < -0.3 is 89.9 Å². The third-order valence-corrected chi connectivity index (χ3v) is 16.6. The summed E-state index contributed by atoms with van der Waals surface area (Å²) in [5, 5.41) is 120. The van der Waals surface area contributed by atoms with E-state index in [1.54, 1.807) is 6.08 Å². The van der Waals surface area contributed by atoms with Crippen molar-refractivity contribution in [2.75, 3.05) is 26.4 Å². The monoisotopic (exact) mass is 1160 g/mol. The van der Waals surface area contributed by atoms with Crippen molar-refractivity contribution in [1.29, 1.82) is 0 Å². The van der Waals surface area contributed by atoms with Gasteiger partial charge in [-0.05, 0) is 19.3 Å². The van der Waals surface area contributed by atoms with Crippen molar-refractivity contribution in [2.24, 2.45) is 0 Å². The number of carbonyl (C=O) groups is 1. The molecule has 81 heavy (non-hydrogen) atoms. The van der Waals surface area contributed by atoms with E-state index in [9.17, 15) is 61.0 Å². The Kier molecular flexibility index (Phi) is 41.7. The van der Waals surface area contributed by atoms with E-state index in [1.165, 1.54) is 173 Å². The number of amides is 1. The lowest BCUT2D eigenvalue weighted by Gasteiger charge is -2.48. The van der Waals surface area contributed by atoms with Gasteiger partial charge in [-0.3, -0.25) is 4.79 Å². The molecule has 3 heterocycles. The SMILES string of the molecule is CCCCCCCCCCCCCCCCCCCCCCCC/C=C/C(O)C(COC1OC(CO)C(OC2OC(CO)C(OC3OC(CO)C(O)C(O)C3O)C(O)C2O)C(O)C1O)NC(=O)CCCCCCCCCCCCCC. The van der Waals surface area contributed by atoms with Crippen molar-refractivity contribution in [3.05, 3.63) is 12.2 Å². The topological polar surface area (TPSA) is 307 Å². The van der Waals surface area contributed by atoms with Gasteiger partial charge in [0, 0.05) is 6.42 Å². The summed E-state index contributed by atoms with van der Waals surface area (Å²) >= 11 is 0. The number of aliphatic hydroxyl groups is 11. The first-order valence-corrected chi connectivity index (χ1v) is 32.4. The van der Waals surface area contributed by atoms with Crippen LogP contribution in [0.25, 0.3) is 0 Å². The number of rotatable bonds is 49. The van der Waals surface area contributed by atoms with Gasteiger partial charge in [0.2, 0.25) is 5.91 Å². The van der Waals surface area contributed by atoms with E-state index in [4.69, 9.17) is 28.4 Å². The van der Waals surface area contributed by atoms with E-state index in [-0.39, 0.29) is 18.9 Å². The number of ether oxygens (including phenoxy) is 6. The molecule has 478 valence electrons. The highest BCUT2D eigenvalue weighted by Gasteiger charge is 2.53. The van der Waals surface area contributed by atoms with Crippen LogP contribution in [0, 0.1) is 0 Å². The summed E-state index contributed by atoms with van der Waals surface area (Å²) in [6, 6.07) is -0.967. The maximum absolute atomic E-state index is 13.3. The van der Waals surface area contributed by atoms with Crippen LogP contribution in [-0.4, -0.2) is 193 Å². The third-order valence-electron chi connectivity index (χ3n) is 16.6. The first kappa shape index (κ1) is 73.8. The Morgan fingerprint density at radius 2 is 0.765 bits per heavy atom. The van der Waals surface area contributed by atoms with Crippen LogP contribution in [0.1, 0.15) is 245 Å². The highest BCUT2D eigenvalue weighted by Crippen LogP contribution is 2.33. The Morgan fingerprint density at radius 1 is 0.432 bits per heavy atom. The zero-order valence-corrected chi connectivity index (χ0v) is 50.0. The minimum atomic E-state index is -1.97. The van der Waals surface area contributed by atoms with E-state index in [0.717, 1.165) is 44.9 Å². The van der Waals surface area contributed by atoms with Crippen molar-refractivity contribution in [1.82, 2.24) is 5.32 Å². The van der Waals surface area contributed by atoms with Gasteiger partial charge in [0.1, 0.15) is 73.2 Å². The maximum atomic E-state index is 13.3. The largest absolute Gasteiger partial charge is 0.394 e. The number of aliphatic hydroxyl groups excluding tert-OH is 11. The highest BCUT2D eigenvalue weighted by atomic mass is 16.8. The fourth-order valence-corrected chi connectivity index (χ4v) is 11.3. The molecule has 0 aromatic carbocycles. The standard InChI is InChI=1S/C62H117NO18/c1-3-5-7-9-11-13-15-17-18-19-20-21-22-23-24-25-26-27-28-29-31-33-35-37-39-46(67)45(63-50(68)40-38-36-34-32-30-16-14-12-10-8-6-4-2)44-76-60-56(74)53(71)58(48(42-65)78-60)81-62-57(75)54(72)59(49(43-66)79-62)80-61-55(73)52(70)51(69)47(41-64)77-61/h37,39,45-49,51-62,64-67,69-75H,3-36,38,40-44H2,1-2H3,(H,63,68)/b39-37+. The molecule has 0 saturated carbocycles. The molecule has 1 amide bonds. The van der Waals surface area contributed by atoms with Crippen LogP contribution in [0.15, 0.2) is 12.2 Å². The van der Waals surface area contributed by atoms with E-state index in [1.807, 2.05) is 6.08 Å². The molecule has 19 nitrogen and oxygen atoms in total. The molecule has 0 spiro atoms. The summed E-state index contributed by atoms with van der Waals surface area (Å²) in [6.07, 6.45) is 20.6. The molecule has 0 aromatic rings. The number of unbranched alkanes of at least 4 members (excludes halogenated alkanes) is 33. The molecular formula is C62H117NO18. The minimum absolute atomic E-state index is 0.248. The minimum Gasteiger partial charge on any atom is -0.394 e. The summed E-state index contributed by atoms with van der Waals surface area (Å²) < 4.78 is 34.3. The Balaban J connectivity index is 1.45. The van der Waals surface area contributed by atoms with Gasteiger partial charge in [-0.25, -0.2) is 0 Å². The molecule has 17 atom stereocenters. The van der Waals surface area contributed by atoms with Crippen LogP contribution >= 0.6 is 0 Å². The van der Waals surface area contributed by atoms with Crippen LogP contribution < -0.4 is 5.32 Å². The van der Waals surface area contributed by atoms with Gasteiger partial charge in [0.05, 0.1) is 38.6 Å². The number of carbonyl (C=O) groups excluding carboxylic acids is 1. The zero-order chi connectivity index (χ0) is 59.0. The number of hydrogen-bond donors (Lipinski definition) is 12. The lowest BCUT2D eigenvalue weighted by atomic mass is 9.96. The van der Waals surface area contributed by atoms with Gasteiger partial charge in [0.25, 0.3) is 0 Å². The molecule has 0 bridgehead atoms. The lowest BCUT2D eigenvalue weighted by Crippen LogP contribution is -2.66. The van der Waals surface area contributed by atoms with Crippen molar-refractivity contribution in [3.8, 4) is 0 Å². The normalized spacial score (nSPS) is 29.8. The maximum Gasteiger partial charge on any atom is 0.220 e. The van der Waals surface area contributed by atoms with Crippen molar-refractivity contribution in [2.45, 2.75) is 349 Å². The molecule has 3 rings (SSSR count). The van der Waals surface area contributed by atoms with Crippen LogP contribution in [0.5, 0.6) is 0 Å². The van der Waals surface area contributed by atoms with Crippen LogP contribution in [0.2, 0.25) is 0 Å². The Hall–Kier alpha value is -1.47. The average molecular weight is 1160 g/mol. The third kappa shape index (κ3) is 29.2. The average Bonchev–Trinajstić information content (AvgIpc) is 3.65. The van der Waals surface area contributed by atoms with Gasteiger partial charge in [-0.15, -0.1) is 0 Å². The predicted molar refractivity (Wildman–Crippen MR) is 310 cm³/mol. The molecule has 0 radical (unpaired) electrons.